The van der Waals surface area contributed by atoms with Crippen LogP contribution < -0.4 is 0 Å². The Morgan fingerprint density at radius 3 is 2.60 bits per heavy atom. The molecule has 0 aliphatic heterocycles. The molecule has 10 heavy (non-hydrogen) atoms. The summed E-state index contributed by atoms with van der Waals surface area (Å²) in [5.41, 5.74) is 0. The van der Waals surface area contributed by atoms with Gasteiger partial charge in [-0.05, 0) is 12.8 Å². The number of carboxylic acids is 1. The van der Waals surface area contributed by atoms with Crippen molar-refractivity contribution in [3.63, 3.8) is 0 Å². The molecule has 0 heterocycles. The summed E-state index contributed by atoms with van der Waals surface area (Å²) in [6.07, 6.45) is 4.50. The molecule has 0 spiro atoms. The largest absolute Gasteiger partial charge is 0.479 e. The molecule has 0 aromatic rings. The molecule has 1 radical (unpaired) electrons. The molecule has 1 rings (SSSR count). The topological polar surface area (TPSA) is 46.5 Å². The van der Waals surface area contributed by atoms with Gasteiger partial charge in [-0.2, -0.15) is 0 Å². The van der Waals surface area contributed by atoms with Crippen LogP contribution >= 0.6 is 0 Å². The molecule has 1 fully saturated rings. The van der Waals surface area contributed by atoms with Gasteiger partial charge in [0.05, 0.1) is 6.10 Å². The van der Waals surface area contributed by atoms with Crippen molar-refractivity contribution >= 4 is 5.97 Å². The second kappa shape index (κ2) is 3.56. The van der Waals surface area contributed by atoms with Crippen LogP contribution in [0, 0.1) is 6.61 Å². The summed E-state index contributed by atoms with van der Waals surface area (Å²) in [6.45, 7) is 0.885. The van der Waals surface area contributed by atoms with Crippen molar-refractivity contribution in [3.05, 3.63) is 6.61 Å². The third-order valence-electron chi connectivity index (χ3n) is 1.66. The van der Waals surface area contributed by atoms with Crippen LogP contribution in [0.1, 0.15) is 25.7 Å². The third-order valence-corrected chi connectivity index (χ3v) is 1.66. The van der Waals surface area contributed by atoms with Crippen LogP contribution in [0.3, 0.4) is 0 Å². The standard InChI is InChI=1S/C7H11O3/c8-7(9)5-10-6-3-1-2-4-6/h5-6H,1-4H2,(H,8,9). The number of ether oxygens (including phenoxy) is 1. The Morgan fingerprint density at radius 2 is 2.10 bits per heavy atom. The summed E-state index contributed by atoms with van der Waals surface area (Å²) in [7, 11) is 0. The van der Waals surface area contributed by atoms with E-state index in [1.165, 1.54) is 0 Å². The number of aliphatic carboxylic acids is 1. The number of hydrogen-bond donors (Lipinski definition) is 1. The predicted octanol–water partition coefficient (Wildman–Crippen LogP) is 1.19. The maximum atomic E-state index is 9.98. The quantitative estimate of drug-likeness (QED) is 0.645. The summed E-state index contributed by atoms with van der Waals surface area (Å²) in [6, 6.07) is 0. The Bertz CT molecular complexity index is 116. The zero-order chi connectivity index (χ0) is 7.40. The molecule has 3 nitrogen and oxygen atoms in total. The number of carboxylic acid groups (broad SMARTS) is 1. The van der Waals surface area contributed by atoms with Gasteiger partial charge in [0, 0.05) is 0 Å². The molecule has 1 aliphatic rings. The van der Waals surface area contributed by atoms with Crippen molar-refractivity contribution in [1.29, 1.82) is 0 Å². The molecule has 0 amide bonds. The van der Waals surface area contributed by atoms with Gasteiger partial charge in [0.2, 0.25) is 0 Å². The van der Waals surface area contributed by atoms with E-state index in [4.69, 9.17) is 9.84 Å². The summed E-state index contributed by atoms with van der Waals surface area (Å²) in [5.74, 6) is -0.994. The lowest BCUT2D eigenvalue weighted by Crippen LogP contribution is -2.09. The van der Waals surface area contributed by atoms with E-state index in [0.717, 1.165) is 32.3 Å². The molecule has 0 saturated heterocycles. The lowest BCUT2D eigenvalue weighted by molar-refractivity contribution is -0.138. The smallest absolute Gasteiger partial charge is 0.336 e. The Kier molecular flexibility index (Phi) is 2.68. The molecule has 57 valence electrons. The highest BCUT2D eigenvalue weighted by molar-refractivity contribution is 5.74. The van der Waals surface area contributed by atoms with Gasteiger partial charge in [0.25, 0.3) is 0 Å². The van der Waals surface area contributed by atoms with E-state index >= 15 is 0 Å². The number of rotatable bonds is 3. The monoisotopic (exact) mass is 143 g/mol. The van der Waals surface area contributed by atoms with E-state index in [-0.39, 0.29) is 6.10 Å². The Labute approximate surface area is 60.0 Å². The van der Waals surface area contributed by atoms with Gasteiger partial charge < -0.3 is 9.84 Å². The minimum atomic E-state index is -0.994. The van der Waals surface area contributed by atoms with Gasteiger partial charge in [-0.25, -0.2) is 4.79 Å². The fourth-order valence-corrected chi connectivity index (χ4v) is 1.18. The van der Waals surface area contributed by atoms with Crippen LogP contribution in [0.15, 0.2) is 0 Å². The SMILES string of the molecule is O=C(O)[CH]OC1CCCC1. The second-order valence-corrected chi connectivity index (χ2v) is 2.50. The third kappa shape index (κ3) is 2.35. The van der Waals surface area contributed by atoms with E-state index in [2.05, 4.69) is 0 Å². The molecule has 0 atom stereocenters. The highest BCUT2D eigenvalue weighted by Gasteiger charge is 2.16. The summed E-state index contributed by atoms with van der Waals surface area (Å²) < 4.78 is 4.94. The molecule has 0 aromatic heterocycles. The molecule has 0 aromatic carbocycles. The van der Waals surface area contributed by atoms with Crippen molar-refractivity contribution in [2.24, 2.45) is 0 Å². The van der Waals surface area contributed by atoms with Crippen molar-refractivity contribution in [1.82, 2.24) is 0 Å². The Balaban J connectivity index is 2.07. The van der Waals surface area contributed by atoms with E-state index in [1.807, 2.05) is 0 Å². The number of carbonyl (C=O) groups is 1. The van der Waals surface area contributed by atoms with E-state index < -0.39 is 5.97 Å². The van der Waals surface area contributed by atoms with Crippen LogP contribution in [0.25, 0.3) is 0 Å². The van der Waals surface area contributed by atoms with Crippen LogP contribution in [0.4, 0.5) is 0 Å². The van der Waals surface area contributed by atoms with Gasteiger partial charge in [-0.1, -0.05) is 12.8 Å². The first kappa shape index (κ1) is 7.54. The normalized spacial score (nSPS) is 19.6. The van der Waals surface area contributed by atoms with E-state index in [1.54, 1.807) is 0 Å². The number of hydrogen-bond acceptors (Lipinski definition) is 2. The van der Waals surface area contributed by atoms with E-state index in [0.29, 0.717) is 0 Å². The molecule has 1 N–H and O–H groups in total. The summed E-state index contributed by atoms with van der Waals surface area (Å²) in [5, 5.41) is 8.19. The van der Waals surface area contributed by atoms with Crippen molar-refractivity contribution < 1.29 is 14.6 Å². The predicted molar refractivity (Wildman–Crippen MR) is 35.3 cm³/mol. The maximum Gasteiger partial charge on any atom is 0.336 e. The molecular formula is C7H11O3. The Morgan fingerprint density at radius 1 is 1.50 bits per heavy atom. The molecule has 3 heteroatoms. The summed E-state index contributed by atoms with van der Waals surface area (Å²) in [4.78, 5) is 9.98. The average molecular weight is 143 g/mol. The highest BCUT2D eigenvalue weighted by atomic mass is 16.5. The van der Waals surface area contributed by atoms with Crippen LogP contribution in [0.5, 0.6) is 0 Å². The van der Waals surface area contributed by atoms with E-state index in [9.17, 15) is 4.79 Å². The molecule has 1 saturated carbocycles. The van der Waals surface area contributed by atoms with Gasteiger partial charge in [-0.15, -0.1) is 0 Å². The summed E-state index contributed by atoms with van der Waals surface area (Å²) >= 11 is 0. The van der Waals surface area contributed by atoms with Crippen molar-refractivity contribution in [2.75, 3.05) is 0 Å². The first-order valence-electron chi connectivity index (χ1n) is 3.50. The fraction of sp³-hybridized carbons (Fsp3) is 0.714. The maximum absolute atomic E-state index is 9.98. The fourth-order valence-electron chi connectivity index (χ4n) is 1.18. The first-order valence-corrected chi connectivity index (χ1v) is 3.50. The highest BCUT2D eigenvalue weighted by Crippen LogP contribution is 2.21. The molecular weight excluding hydrogens is 132 g/mol. The van der Waals surface area contributed by atoms with Crippen molar-refractivity contribution in [2.45, 2.75) is 31.8 Å². The minimum Gasteiger partial charge on any atom is -0.479 e. The molecule has 1 aliphatic carbocycles. The van der Waals surface area contributed by atoms with Gasteiger partial charge >= 0.3 is 5.97 Å². The lowest BCUT2D eigenvalue weighted by atomic mass is 10.3. The van der Waals surface area contributed by atoms with Crippen LogP contribution in [0.2, 0.25) is 0 Å². The lowest BCUT2D eigenvalue weighted by Gasteiger charge is -2.06. The second-order valence-electron chi connectivity index (χ2n) is 2.50. The van der Waals surface area contributed by atoms with Crippen LogP contribution in [-0.4, -0.2) is 17.2 Å². The molecule has 0 unspecified atom stereocenters. The van der Waals surface area contributed by atoms with Gasteiger partial charge in [0.15, 0.2) is 6.61 Å². The van der Waals surface area contributed by atoms with Crippen molar-refractivity contribution in [3.8, 4) is 0 Å². The van der Waals surface area contributed by atoms with Crippen LogP contribution in [-0.2, 0) is 9.53 Å². The minimum absolute atomic E-state index is 0.163. The zero-order valence-corrected chi connectivity index (χ0v) is 5.75. The average Bonchev–Trinajstić information content (AvgIpc) is 2.34. The first-order chi connectivity index (χ1) is 4.79. The van der Waals surface area contributed by atoms with Gasteiger partial charge in [-0.3, -0.25) is 0 Å². The van der Waals surface area contributed by atoms with Gasteiger partial charge in [0.1, 0.15) is 0 Å². The zero-order valence-electron chi connectivity index (χ0n) is 5.75. The molecule has 0 bridgehead atoms. The Hall–Kier alpha value is -0.570.